The van der Waals surface area contributed by atoms with E-state index in [1.54, 1.807) is 19.1 Å². The molecule has 0 atom stereocenters. The second kappa shape index (κ2) is 12.3. The van der Waals surface area contributed by atoms with Crippen molar-refractivity contribution in [3.8, 4) is 0 Å². The van der Waals surface area contributed by atoms with Crippen molar-refractivity contribution in [3.63, 3.8) is 0 Å². The van der Waals surface area contributed by atoms with Crippen LogP contribution in [0.15, 0.2) is 24.3 Å². The minimum absolute atomic E-state index is 0. The summed E-state index contributed by atoms with van der Waals surface area (Å²) in [5.41, 5.74) is 1.61. The molecule has 128 valence electrons. The van der Waals surface area contributed by atoms with Crippen LogP contribution < -0.4 is 5.32 Å². The average molecular weight is 375 g/mol. The molecular formula is C21H21FeNO2+2. The molecule has 0 spiro atoms. The second-order valence-electron chi connectivity index (χ2n) is 5.37. The number of carbonyl (C=O) groups is 2. The normalized spacial score (nSPS) is 16.5. The van der Waals surface area contributed by atoms with Gasteiger partial charge in [0.15, 0.2) is 5.78 Å². The summed E-state index contributed by atoms with van der Waals surface area (Å²) in [6.45, 7) is 2.13. The van der Waals surface area contributed by atoms with E-state index in [-0.39, 0.29) is 28.6 Å². The molecule has 25 heavy (non-hydrogen) atoms. The minimum Gasteiger partial charge on any atom is -0.385 e. The molecule has 3 nitrogen and oxygen atoms in total. The van der Waals surface area contributed by atoms with Crippen LogP contribution in [0, 0.1) is 63.7 Å². The van der Waals surface area contributed by atoms with E-state index < -0.39 is 0 Å². The predicted octanol–water partition coefficient (Wildman–Crippen LogP) is 3.68. The number of anilines is 1. The molecule has 3 rings (SSSR count). The number of Topliss-reactive ketones (excluding diaryl/α,β-unsaturated/α-hetero) is 2. The van der Waals surface area contributed by atoms with E-state index in [0.717, 1.165) is 11.6 Å². The number of hydrogen-bond acceptors (Lipinski definition) is 3. The first kappa shape index (κ1) is 21.9. The second-order valence-corrected chi connectivity index (χ2v) is 5.37. The summed E-state index contributed by atoms with van der Waals surface area (Å²) in [7, 11) is 0. The van der Waals surface area contributed by atoms with Crippen molar-refractivity contribution in [3.05, 3.63) is 93.5 Å². The fourth-order valence-electron chi connectivity index (χ4n) is 2.17. The van der Waals surface area contributed by atoms with Gasteiger partial charge in [-0.2, -0.15) is 0 Å². The number of ketones is 2. The van der Waals surface area contributed by atoms with E-state index in [2.05, 4.69) is 5.32 Å². The first-order chi connectivity index (χ1) is 11.7. The molecule has 0 unspecified atom stereocenters. The first-order valence-electron chi connectivity index (χ1n) is 7.93. The van der Waals surface area contributed by atoms with Crippen molar-refractivity contribution < 1.29 is 26.7 Å². The Hall–Kier alpha value is -1.12. The standard InChI is InChI=1S/C16H16NO2.C5H5.Fe/c1-12(18)13-6-8-15(9-7-13)17-11-10-16(19)14-4-2-3-5-14;1-2-4-5-3-1;/h2-9,17H,10-11H2,1H3;1-5H;/q;;+2. The zero-order valence-corrected chi connectivity index (χ0v) is 15.2. The molecule has 0 aromatic heterocycles. The van der Waals surface area contributed by atoms with Crippen LogP contribution in [0.1, 0.15) is 23.7 Å². The third-order valence-electron chi connectivity index (χ3n) is 3.51. The topological polar surface area (TPSA) is 46.2 Å². The van der Waals surface area contributed by atoms with Crippen molar-refractivity contribution >= 4 is 17.3 Å². The van der Waals surface area contributed by atoms with Crippen LogP contribution in [-0.2, 0) is 21.9 Å². The van der Waals surface area contributed by atoms with Gasteiger partial charge in [0.05, 0.1) is 0 Å². The molecule has 10 radical (unpaired) electrons. The van der Waals surface area contributed by atoms with E-state index in [4.69, 9.17) is 0 Å². The van der Waals surface area contributed by atoms with Crippen molar-refractivity contribution in [2.24, 2.45) is 0 Å². The first-order valence-corrected chi connectivity index (χ1v) is 7.93. The third-order valence-corrected chi connectivity index (χ3v) is 3.51. The van der Waals surface area contributed by atoms with Crippen molar-refractivity contribution in [1.82, 2.24) is 0 Å². The zero-order chi connectivity index (χ0) is 17.2. The van der Waals surface area contributed by atoms with E-state index >= 15 is 0 Å². The number of benzene rings is 1. The smallest absolute Gasteiger partial charge is 0.385 e. The molecule has 2 saturated carbocycles. The van der Waals surface area contributed by atoms with Crippen LogP contribution in [0.2, 0.25) is 0 Å². The van der Waals surface area contributed by atoms with Crippen LogP contribution in [0.3, 0.4) is 0 Å². The minimum atomic E-state index is 0. The largest absolute Gasteiger partial charge is 2.00 e. The van der Waals surface area contributed by atoms with Gasteiger partial charge in [-0.1, -0.05) is 0 Å². The summed E-state index contributed by atoms with van der Waals surface area (Å²) < 4.78 is 0. The number of rotatable bonds is 6. The molecular weight excluding hydrogens is 354 g/mol. The molecule has 1 aromatic carbocycles. The van der Waals surface area contributed by atoms with Crippen LogP contribution in [0.4, 0.5) is 5.69 Å². The van der Waals surface area contributed by atoms with Gasteiger partial charge in [-0.25, -0.2) is 0 Å². The fraction of sp³-hybridized carbons (Fsp3) is 0.143. The molecule has 0 bridgehead atoms. The van der Waals surface area contributed by atoms with Gasteiger partial charge in [-0.3, -0.25) is 9.59 Å². The molecule has 0 amide bonds. The maximum Gasteiger partial charge on any atom is 2.00 e. The monoisotopic (exact) mass is 375 g/mol. The predicted molar refractivity (Wildman–Crippen MR) is 96.5 cm³/mol. The Morgan fingerprint density at radius 1 is 0.840 bits per heavy atom. The number of carbonyl (C=O) groups excluding carboxylic acids is 2. The van der Waals surface area contributed by atoms with Gasteiger partial charge in [0.1, 0.15) is 5.78 Å². The Morgan fingerprint density at radius 3 is 1.84 bits per heavy atom. The molecule has 2 aliphatic carbocycles. The van der Waals surface area contributed by atoms with Crippen LogP contribution >= 0.6 is 0 Å². The maximum atomic E-state index is 11.8. The van der Waals surface area contributed by atoms with Gasteiger partial charge in [-0.15, -0.1) is 0 Å². The molecule has 1 aromatic rings. The SMILES string of the molecule is CC(=O)c1ccc(NCCC(=O)[C]2[CH][CH][CH][CH]2)cc1.[CH]1[CH][CH][CH][CH]1.[Fe+2]. The van der Waals surface area contributed by atoms with Gasteiger partial charge >= 0.3 is 17.1 Å². The van der Waals surface area contributed by atoms with Crippen molar-refractivity contribution in [2.75, 3.05) is 11.9 Å². The summed E-state index contributed by atoms with van der Waals surface area (Å²) in [5, 5.41) is 3.17. The molecule has 0 aliphatic heterocycles. The summed E-state index contributed by atoms with van der Waals surface area (Å²) in [6, 6.07) is 7.26. The van der Waals surface area contributed by atoms with Gasteiger partial charge < -0.3 is 5.32 Å². The Morgan fingerprint density at radius 2 is 1.36 bits per heavy atom. The summed E-state index contributed by atoms with van der Waals surface area (Å²) in [5.74, 6) is 0.949. The van der Waals surface area contributed by atoms with Crippen LogP contribution in [-0.4, -0.2) is 18.1 Å². The average Bonchev–Trinajstić information content (AvgIpc) is 3.31. The van der Waals surface area contributed by atoms with Crippen LogP contribution in [0.5, 0.6) is 0 Å². The molecule has 0 heterocycles. The quantitative estimate of drug-likeness (QED) is 0.610. The van der Waals surface area contributed by atoms with Gasteiger partial charge in [0.25, 0.3) is 0 Å². The maximum absolute atomic E-state index is 11.8. The third kappa shape index (κ3) is 8.20. The summed E-state index contributed by atoms with van der Waals surface area (Å²) >= 11 is 0. The van der Waals surface area contributed by atoms with E-state index in [9.17, 15) is 9.59 Å². The Labute approximate surface area is 162 Å². The van der Waals surface area contributed by atoms with E-state index in [1.165, 1.54) is 0 Å². The number of hydrogen-bond donors (Lipinski definition) is 1. The van der Waals surface area contributed by atoms with E-state index in [1.807, 2.05) is 69.9 Å². The van der Waals surface area contributed by atoms with Gasteiger partial charge in [0, 0.05) is 30.1 Å². The molecule has 0 saturated heterocycles. The van der Waals surface area contributed by atoms with E-state index in [0.29, 0.717) is 18.5 Å². The Balaban J connectivity index is 0.000000448. The zero-order valence-electron chi connectivity index (χ0n) is 14.1. The summed E-state index contributed by atoms with van der Waals surface area (Å²) in [6.07, 6.45) is 17.8. The van der Waals surface area contributed by atoms with Gasteiger partial charge in [-0.05, 0) is 89.0 Å². The Bertz CT molecular complexity index is 510. The number of nitrogens with one attached hydrogen (secondary N) is 1. The van der Waals surface area contributed by atoms with Crippen molar-refractivity contribution in [1.29, 1.82) is 0 Å². The molecule has 4 heteroatoms. The molecule has 2 fully saturated rings. The molecule has 2 aliphatic rings. The fourth-order valence-corrected chi connectivity index (χ4v) is 2.17. The van der Waals surface area contributed by atoms with Crippen molar-refractivity contribution in [2.45, 2.75) is 13.3 Å². The van der Waals surface area contributed by atoms with Gasteiger partial charge in [0.2, 0.25) is 0 Å². The summed E-state index contributed by atoms with van der Waals surface area (Å²) in [4.78, 5) is 22.9. The van der Waals surface area contributed by atoms with Crippen LogP contribution in [0.25, 0.3) is 0 Å². The Kier molecular flexibility index (Phi) is 10.8. The molecule has 1 N–H and O–H groups in total.